The Morgan fingerprint density at radius 3 is 2.33 bits per heavy atom. The maximum atomic E-state index is 12.0. The van der Waals surface area contributed by atoms with Crippen LogP contribution in [-0.4, -0.2) is 37.0 Å². The second kappa shape index (κ2) is 9.00. The fourth-order valence-corrected chi connectivity index (χ4v) is 1.93. The molecule has 0 saturated heterocycles. The molecule has 1 rings (SSSR count). The molecule has 0 N–H and O–H groups in total. The zero-order chi connectivity index (χ0) is 15.7. The van der Waals surface area contributed by atoms with Gasteiger partial charge in [0.15, 0.2) is 0 Å². The summed E-state index contributed by atoms with van der Waals surface area (Å²) in [6.45, 7) is 4.80. The molecule has 0 atom stereocenters. The van der Waals surface area contributed by atoms with Gasteiger partial charge in [0.1, 0.15) is 5.75 Å². The van der Waals surface area contributed by atoms with Gasteiger partial charge in [-0.3, -0.25) is 9.59 Å². The molecule has 0 unspecified atom stereocenters. The summed E-state index contributed by atoms with van der Waals surface area (Å²) < 4.78 is 10.00. The van der Waals surface area contributed by atoms with Gasteiger partial charge in [-0.25, -0.2) is 0 Å². The molecular formula is C16H23NO4. The van der Waals surface area contributed by atoms with Gasteiger partial charge in [-0.1, -0.05) is 19.1 Å². The third-order valence-corrected chi connectivity index (χ3v) is 3.08. The first-order valence-electron chi connectivity index (χ1n) is 7.17. The lowest BCUT2D eigenvalue weighted by molar-refractivity contribution is -0.144. The molecule has 0 heterocycles. The Balaban J connectivity index is 2.64. The zero-order valence-electron chi connectivity index (χ0n) is 12.9. The molecule has 0 radical (unpaired) electrons. The van der Waals surface area contributed by atoms with Gasteiger partial charge in [-0.2, -0.15) is 0 Å². The maximum Gasteiger partial charge on any atom is 0.307 e. The fourth-order valence-electron chi connectivity index (χ4n) is 1.93. The molecule has 1 amide bonds. The number of esters is 1. The van der Waals surface area contributed by atoms with E-state index >= 15 is 0 Å². The molecule has 0 aliphatic carbocycles. The maximum absolute atomic E-state index is 12.0. The van der Waals surface area contributed by atoms with E-state index in [0.29, 0.717) is 26.1 Å². The second-order valence-corrected chi connectivity index (χ2v) is 4.57. The molecule has 5 heteroatoms. The predicted octanol–water partition coefficient (Wildman–Crippen LogP) is 2.39. The van der Waals surface area contributed by atoms with E-state index in [-0.39, 0.29) is 18.3 Å². The van der Waals surface area contributed by atoms with Crippen LogP contribution in [0.2, 0.25) is 0 Å². The van der Waals surface area contributed by atoms with Crippen molar-refractivity contribution in [3.05, 3.63) is 29.8 Å². The van der Waals surface area contributed by atoms with Crippen molar-refractivity contribution in [3.63, 3.8) is 0 Å². The average Bonchev–Trinajstić information content (AvgIpc) is 2.51. The van der Waals surface area contributed by atoms with E-state index in [9.17, 15) is 9.59 Å². The minimum Gasteiger partial charge on any atom is -0.497 e. The highest BCUT2D eigenvalue weighted by atomic mass is 16.5. The van der Waals surface area contributed by atoms with Crippen LogP contribution >= 0.6 is 0 Å². The summed E-state index contributed by atoms with van der Waals surface area (Å²) >= 11 is 0. The van der Waals surface area contributed by atoms with Gasteiger partial charge >= 0.3 is 5.97 Å². The highest BCUT2D eigenvalue weighted by Gasteiger charge is 2.14. The van der Waals surface area contributed by atoms with Gasteiger partial charge in [-0.15, -0.1) is 0 Å². The van der Waals surface area contributed by atoms with Crippen molar-refractivity contribution < 1.29 is 19.1 Å². The molecule has 0 bridgehead atoms. The summed E-state index contributed by atoms with van der Waals surface area (Å²) in [6, 6.07) is 7.54. The van der Waals surface area contributed by atoms with Crippen molar-refractivity contribution in [2.75, 3.05) is 20.3 Å². The Morgan fingerprint density at radius 1 is 1.14 bits per heavy atom. The quantitative estimate of drug-likeness (QED) is 0.691. The summed E-state index contributed by atoms with van der Waals surface area (Å²) in [5, 5.41) is 0. The van der Waals surface area contributed by atoms with E-state index in [4.69, 9.17) is 9.47 Å². The van der Waals surface area contributed by atoms with Crippen molar-refractivity contribution in [2.24, 2.45) is 0 Å². The number of carbonyl (C=O) groups is 2. The third kappa shape index (κ3) is 5.85. The fraction of sp³-hybridized carbons (Fsp3) is 0.500. The van der Waals surface area contributed by atoms with Crippen LogP contribution in [0.25, 0.3) is 0 Å². The van der Waals surface area contributed by atoms with E-state index in [0.717, 1.165) is 11.3 Å². The van der Waals surface area contributed by atoms with Crippen LogP contribution in [0.3, 0.4) is 0 Å². The highest BCUT2D eigenvalue weighted by molar-refractivity contribution is 5.77. The SMILES string of the molecule is CCOC(=O)CCN(Cc1ccc(OC)cc1)C(=O)CC. The van der Waals surface area contributed by atoms with Gasteiger partial charge < -0.3 is 14.4 Å². The van der Waals surface area contributed by atoms with Crippen LogP contribution in [0.5, 0.6) is 5.75 Å². The topological polar surface area (TPSA) is 55.8 Å². The molecule has 5 nitrogen and oxygen atoms in total. The minimum absolute atomic E-state index is 0.0233. The Bertz CT molecular complexity index is 456. The summed E-state index contributed by atoms with van der Waals surface area (Å²) in [4.78, 5) is 25.1. The molecule has 0 aliphatic rings. The number of amides is 1. The normalized spacial score (nSPS) is 10.0. The van der Waals surface area contributed by atoms with Gasteiger partial charge in [0.05, 0.1) is 20.1 Å². The van der Waals surface area contributed by atoms with Gasteiger partial charge in [0, 0.05) is 19.5 Å². The number of rotatable bonds is 8. The Kier molecular flexibility index (Phi) is 7.29. The van der Waals surface area contributed by atoms with Gasteiger partial charge in [0.2, 0.25) is 5.91 Å². The van der Waals surface area contributed by atoms with Crippen molar-refractivity contribution in [1.82, 2.24) is 4.90 Å². The first kappa shape index (κ1) is 17.0. The summed E-state index contributed by atoms with van der Waals surface area (Å²) in [6.07, 6.45) is 0.634. The Morgan fingerprint density at radius 2 is 1.81 bits per heavy atom. The number of hydrogen-bond donors (Lipinski definition) is 0. The molecule has 0 spiro atoms. The van der Waals surface area contributed by atoms with Crippen LogP contribution in [0.4, 0.5) is 0 Å². The van der Waals surface area contributed by atoms with Crippen molar-refractivity contribution in [1.29, 1.82) is 0 Å². The lowest BCUT2D eigenvalue weighted by Crippen LogP contribution is -2.32. The van der Waals surface area contributed by atoms with Crippen molar-refractivity contribution >= 4 is 11.9 Å². The van der Waals surface area contributed by atoms with E-state index in [1.165, 1.54) is 0 Å². The van der Waals surface area contributed by atoms with Crippen LogP contribution in [0.1, 0.15) is 32.3 Å². The number of methoxy groups -OCH3 is 1. The standard InChI is InChI=1S/C16H23NO4/c1-4-15(18)17(11-10-16(19)21-5-2)12-13-6-8-14(20-3)9-7-13/h6-9H,4-5,10-12H2,1-3H3. The van der Waals surface area contributed by atoms with Gasteiger partial charge in [-0.05, 0) is 24.6 Å². The average molecular weight is 293 g/mol. The van der Waals surface area contributed by atoms with Crippen LogP contribution < -0.4 is 4.74 Å². The molecule has 0 aliphatic heterocycles. The Hall–Kier alpha value is -2.04. The second-order valence-electron chi connectivity index (χ2n) is 4.57. The Labute approximate surface area is 125 Å². The smallest absolute Gasteiger partial charge is 0.307 e. The molecule has 0 aromatic heterocycles. The number of nitrogens with zero attached hydrogens (tertiary/aromatic N) is 1. The van der Waals surface area contributed by atoms with Crippen molar-refractivity contribution in [2.45, 2.75) is 33.2 Å². The van der Waals surface area contributed by atoms with E-state index in [1.807, 2.05) is 31.2 Å². The van der Waals surface area contributed by atoms with Crippen molar-refractivity contribution in [3.8, 4) is 5.75 Å². The summed E-state index contributed by atoms with van der Waals surface area (Å²) in [5.74, 6) is 0.523. The molecule has 0 fully saturated rings. The number of carbonyl (C=O) groups excluding carboxylic acids is 2. The summed E-state index contributed by atoms with van der Waals surface area (Å²) in [7, 11) is 1.61. The van der Waals surface area contributed by atoms with E-state index < -0.39 is 0 Å². The van der Waals surface area contributed by atoms with Crippen LogP contribution in [-0.2, 0) is 20.9 Å². The molecule has 116 valence electrons. The van der Waals surface area contributed by atoms with Crippen LogP contribution in [0, 0.1) is 0 Å². The van der Waals surface area contributed by atoms with E-state index in [2.05, 4.69) is 0 Å². The lowest BCUT2D eigenvalue weighted by Gasteiger charge is -2.22. The van der Waals surface area contributed by atoms with E-state index in [1.54, 1.807) is 18.9 Å². The monoisotopic (exact) mass is 293 g/mol. The number of ether oxygens (including phenoxy) is 2. The predicted molar refractivity (Wildman–Crippen MR) is 80.0 cm³/mol. The minimum atomic E-state index is -0.277. The summed E-state index contributed by atoms with van der Waals surface area (Å²) in [5.41, 5.74) is 1.00. The molecule has 0 saturated carbocycles. The van der Waals surface area contributed by atoms with Crippen LogP contribution in [0.15, 0.2) is 24.3 Å². The molecule has 21 heavy (non-hydrogen) atoms. The molecular weight excluding hydrogens is 270 g/mol. The molecule has 1 aromatic rings. The first-order chi connectivity index (χ1) is 10.1. The largest absolute Gasteiger partial charge is 0.497 e. The number of benzene rings is 1. The van der Waals surface area contributed by atoms with Gasteiger partial charge in [0.25, 0.3) is 0 Å². The zero-order valence-corrected chi connectivity index (χ0v) is 12.9. The lowest BCUT2D eigenvalue weighted by atomic mass is 10.2. The third-order valence-electron chi connectivity index (χ3n) is 3.08. The highest BCUT2D eigenvalue weighted by Crippen LogP contribution is 2.14. The molecule has 1 aromatic carbocycles. The number of hydrogen-bond acceptors (Lipinski definition) is 4. The first-order valence-corrected chi connectivity index (χ1v) is 7.17.